The van der Waals surface area contributed by atoms with Gasteiger partial charge in [0.05, 0.1) is 0 Å². The van der Waals surface area contributed by atoms with E-state index in [0.29, 0.717) is 11.3 Å². The van der Waals surface area contributed by atoms with Crippen molar-refractivity contribution in [3.05, 3.63) is 22.3 Å². The van der Waals surface area contributed by atoms with Crippen molar-refractivity contribution in [1.82, 2.24) is 9.88 Å². The number of esters is 1. The average Bonchev–Trinajstić information content (AvgIpc) is 3.05. The molecular weight excluding hydrogens is 386 g/mol. The monoisotopic (exact) mass is 399 g/mol. The van der Waals surface area contributed by atoms with Crippen LogP contribution in [-0.4, -0.2) is 67.7 Å². The number of anilines is 1. The van der Waals surface area contributed by atoms with Crippen molar-refractivity contribution in [3.63, 3.8) is 0 Å². The number of nitrogens with zero attached hydrogens (tertiary/aromatic N) is 2. The number of hydrogen-bond donors (Lipinski definition) is 3. The third kappa shape index (κ3) is 3.24. The van der Waals surface area contributed by atoms with E-state index in [9.17, 15) is 24.3 Å². The summed E-state index contributed by atoms with van der Waals surface area (Å²) in [7, 11) is 0. The maximum atomic E-state index is 12.4. The number of hydrogen-bond acceptors (Lipinski definition) is 9. The summed E-state index contributed by atoms with van der Waals surface area (Å²) < 4.78 is 4.86. The minimum Gasteiger partial charge on any atom is -0.477 e. The Bertz CT molecular complexity index is 834. The highest BCUT2D eigenvalue weighted by atomic mass is 32.2. The lowest BCUT2D eigenvalue weighted by atomic mass is 10.0. The Balaban J connectivity index is 1.77. The van der Waals surface area contributed by atoms with Gasteiger partial charge < -0.3 is 20.3 Å². The third-order valence-corrected chi connectivity index (χ3v) is 5.81. The van der Waals surface area contributed by atoms with Crippen LogP contribution in [0.3, 0.4) is 0 Å². The fourth-order valence-corrected chi connectivity index (χ4v) is 4.60. The third-order valence-electron chi connectivity index (χ3n) is 3.70. The van der Waals surface area contributed by atoms with E-state index in [1.807, 2.05) is 0 Å². The zero-order valence-electron chi connectivity index (χ0n) is 13.3. The van der Waals surface area contributed by atoms with Crippen LogP contribution >= 0.6 is 23.1 Å². The Morgan fingerprint density at radius 2 is 2.12 bits per heavy atom. The van der Waals surface area contributed by atoms with Crippen LogP contribution in [0.5, 0.6) is 0 Å². The highest BCUT2D eigenvalue weighted by Crippen LogP contribution is 2.41. The van der Waals surface area contributed by atoms with Crippen LogP contribution in [0.25, 0.3) is 0 Å². The van der Waals surface area contributed by atoms with Crippen LogP contribution in [-0.2, 0) is 19.1 Å². The summed E-state index contributed by atoms with van der Waals surface area (Å²) in [5.74, 6) is -3.16. The van der Waals surface area contributed by atoms with Crippen LogP contribution in [0.15, 0.2) is 16.7 Å². The highest BCUT2D eigenvalue weighted by Gasteiger charge is 2.54. The molecule has 0 saturated carbocycles. The van der Waals surface area contributed by atoms with Gasteiger partial charge in [-0.25, -0.2) is 14.6 Å². The van der Waals surface area contributed by atoms with E-state index in [1.165, 1.54) is 24.1 Å². The van der Waals surface area contributed by atoms with Crippen LogP contribution in [0.1, 0.15) is 17.4 Å². The molecule has 0 aliphatic carbocycles. The Hall–Kier alpha value is -2.60. The van der Waals surface area contributed by atoms with Crippen molar-refractivity contribution in [2.75, 3.05) is 17.7 Å². The summed E-state index contributed by atoms with van der Waals surface area (Å²) in [6, 6.07) is -0.711. The lowest BCUT2D eigenvalue weighted by molar-refractivity contribution is -0.147. The molecule has 3 heterocycles. The fourth-order valence-electron chi connectivity index (χ4n) is 2.55. The van der Waals surface area contributed by atoms with Gasteiger partial charge in [0, 0.05) is 23.6 Å². The molecule has 0 radical (unpaired) electrons. The second kappa shape index (κ2) is 6.96. The molecule has 1 saturated heterocycles. The average molecular weight is 399 g/mol. The van der Waals surface area contributed by atoms with Gasteiger partial charge in [0.2, 0.25) is 0 Å². The Morgan fingerprint density at radius 1 is 1.38 bits per heavy atom. The van der Waals surface area contributed by atoms with Gasteiger partial charge in [-0.05, 0) is 0 Å². The molecular formula is C14H13N3O7S2. The van der Waals surface area contributed by atoms with Gasteiger partial charge in [0.25, 0.3) is 5.91 Å². The molecule has 1 fully saturated rings. The molecule has 26 heavy (non-hydrogen) atoms. The molecule has 2 atom stereocenters. The van der Waals surface area contributed by atoms with Gasteiger partial charge >= 0.3 is 17.9 Å². The Labute approximate surface area is 154 Å². The quantitative estimate of drug-likeness (QED) is 0.455. The highest BCUT2D eigenvalue weighted by molar-refractivity contribution is 8.00. The molecule has 0 bridgehead atoms. The SMILES string of the molecule is CC(=O)OCC1=C(C(=O)O)N2C(=O)[C@H](Nc3nc(C(=O)O)cs3)[C@@H]2SC1. The number of thiazole rings is 1. The lowest BCUT2D eigenvalue weighted by Crippen LogP contribution is -2.67. The molecule has 138 valence electrons. The van der Waals surface area contributed by atoms with Crippen LogP contribution < -0.4 is 5.32 Å². The number of ether oxygens (including phenoxy) is 1. The number of carbonyl (C=O) groups excluding carboxylic acids is 2. The second-order valence-corrected chi connectivity index (χ2v) is 7.38. The van der Waals surface area contributed by atoms with E-state index >= 15 is 0 Å². The van der Waals surface area contributed by atoms with Gasteiger partial charge in [-0.15, -0.1) is 23.1 Å². The first-order chi connectivity index (χ1) is 12.3. The van der Waals surface area contributed by atoms with Crippen LogP contribution in [0.4, 0.5) is 5.13 Å². The summed E-state index contributed by atoms with van der Waals surface area (Å²) in [4.78, 5) is 50.9. The number of carboxylic acid groups (broad SMARTS) is 2. The molecule has 1 aromatic rings. The van der Waals surface area contributed by atoms with Gasteiger partial charge in [-0.3, -0.25) is 14.5 Å². The Kier molecular flexibility index (Phi) is 4.87. The summed E-state index contributed by atoms with van der Waals surface area (Å²) in [6.45, 7) is 1.03. The van der Waals surface area contributed by atoms with E-state index in [0.717, 1.165) is 16.2 Å². The molecule has 0 unspecified atom stereocenters. The van der Waals surface area contributed by atoms with Crippen molar-refractivity contribution in [3.8, 4) is 0 Å². The number of amides is 1. The van der Waals surface area contributed by atoms with Gasteiger partial charge in [0.15, 0.2) is 10.8 Å². The molecule has 3 rings (SSSR count). The first-order valence-electron chi connectivity index (χ1n) is 7.28. The number of rotatable bonds is 6. The van der Waals surface area contributed by atoms with Crippen LogP contribution in [0, 0.1) is 0 Å². The van der Waals surface area contributed by atoms with E-state index in [-0.39, 0.29) is 23.1 Å². The number of thioether (sulfide) groups is 1. The standard InChI is InChI=1S/C14H13N3O7S2/c1-5(18)24-2-6-3-25-11-8(10(19)17(11)9(6)13(22)23)16-14-15-7(4-26-14)12(20)21/h4,8,11H,2-3H2,1H3,(H,15,16)(H,20,21)(H,22,23)/t8-,11-/m0/s1. The van der Waals surface area contributed by atoms with E-state index in [4.69, 9.17) is 9.84 Å². The first kappa shape index (κ1) is 18.2. The molecule has 1 aromatic heterocycles. The topological polar surface area (TPSA) is 146 Å². The first-order valence-corrected chi connectivity index (χ1v) is 9.21. The van der Waals surface area contributed by atoms with Gasteiger partial charge in [-0.1, -0.05) is 0 Å². The number of aromatic carboxylic acids is 1. The summed E-state index contributed by atoms with van der Waals surface area (Å²) in [5, 5.41) is 22.4. The van der Waals surface area contributed by atoms with Gasteiger partial charge in [0.1, 0.15) is 23.7 Å². The molecule has 0 aromatic carbocycles. The lowest BCUT2D eigenvalue weighted by Gasteiger charge is -2.49. The normalized spacial score (nSPS) is 21.7. The summed E-state index contributed by atoms with van der Waals surface area (Å²) >= 11 is 2.38. The van der Waals surface area contributed by atoms with Crippen LogP contribution in [0.2, 0.25) is 0 Å². The molecule has 12 heteroatoms. The molecule has 1 amide bonds. The predicted molar refractivity (Wildman–Crippen MR) is 90.9 cm³/mol. The number of carbonyl (C=O) groups is 4. The van der Waals surface area contributed by atoms with Crippen molar-refractivity contribution < 1.29 is 34.1 Å². The predicted octanol–water partition coefficient (Wildman–Crippen LogP) is 0.439. The smallest absolute Gasteiger partial charge is 0.355 e. The van der Waals surface area contributed by atoms with Crippen molar-refractivity contribution in [1.29, 1.82) is 0 Å². The molecule has 2 aliphatic rings. The van der Waals surface area contributed by atoms with Crippen molar-refractivity contribution in [2.24, 2.45) is 0 Å². The fraction of sp³-hybridized carbons (Fsp3) is 0.357. The summed E-state index contributed by atoms with van der Waals surface area (Å²) in [6.07, 6.45) is 0. The van der Waals surface area contributed by atoms with Crippen molar-refractivity contribution >= 4 is 52.0 Å². The molecule has 10 nitrogen and oxygen atoms in total. The number of nitrogens with one attached hydrogen (secondary N) is 1. The maximum absolute atomic E-state index is 12.4. The number of aromatic nitrogens is 1. The van der Waals surface area contributed by atoms with E-state index in [1.54, 1.807) is 0 Å². The largest absolute Gasteiger partial charge is 0.477 e. The number of β-lactam (4-membered cyclic amide) rings is 1. The maximum Gasteiger partial charge on any atom is 0.355 e. The Morgan fingerprint density at radius 3 is 2.69 bits per heavy atom. The summed E-state index contributed by atoms with van der Waals surface area (Å²) in [5.41, 5.74) is 0.0405. The molecule has 0 spiro atoms. The van der Waals surface area contributed by atoms with Crippen molar-refractivity contribution in [2.45, 2.75) is 18.3 Å². The number of carboxylic acids is 2. The number of aliphatic carboxylic acids is 1. The van der Waals surface area contributed by atoms with E-state index in [2.05, 4.69) is 10.3 Å². The zero-order chi connectivity index (χ0) is 19.0. The molecule has 2 aliphatic heterocycles. The minimum absolute atomic E-state index is 0.132. The minimum atomic E-state index is -1.27. The number of fused-ring (bicyclic) bond motifs is 1. The zero-order valence-corrected chi connectivity index (χ0v) is 14.9. The van der Waals surface area contributed by atoms with E-state index < -0.39 is 35.2 Å². The van der Waals surface area contributed by atoms with Gasteiger partial charge in [-0.2, -0.15) is 0 Å². The second-order valence-electron chi connectivity index (χ2n) is 5.41. The molecule has 3 N–H and O–H groups in total.